The van der Waals surface area contributed by atoms with Crippen molar-refractivity contribution in [2.24, 2.45) is 0 Å². The van der Waals surface area contributed by atoms with Crippen LogP contribution in [0.3, 0.4) is 0 Å². The number of sulfonamides is 1. The Morgan fingerprint density at radius 1 is 1.19 bits per heavy atom. The van der Waals surface area contributed by atoms with E-state index < -0.39 is 20.8 Å². The third-order valence-electron chi connectivity index (χ3n) is 3.48. The summed E-state index contributed by atoms with van der Waals surface area (Å²) in [6.45, 7) is 0.713. The fraction of sp³-hybridized carbons (Fsp3) is 0.250. The van der Waals surface area contributed by atoms with Crippen LogP contribution in [0.4, 0.5) is 10.1 Å². The van der Waals surface area contributed by atoms with E-state index in [1.807, 2.05) is 0 Å². The first-order valence-electron chi connectivity index (χ1n) is 7.61. The number of nitro groups is 1. The Hall–Kier alpha value is -2.56. The van der Waals surface area contributed by atoms with Gasteiger partial charge in [-0.25, -0.2) is 17.5 Å². The summed E-state index contributed by atoms with van der Waals surface area (Å²) >= 11 is 0. The Bertz CT molecular complexity index is 889. The SMILES string of the molecule is COc1ccc(CNCCNS(=O)(=O)c2cccc([N+](=O)[O-])c2)cc1F. The highest BCUT2D eigenvalue weighted by atomic mass is 32.2. The zero-order valence-electron chi connectivity index (χ0n) is 13.9. The molecule has 0 aliphatic rings. The molecule has 0 aliphatic heterocycles. The second-order valence-electron chi connectivity index (χ2n) is 5.30. The van der Waals surface area contributed by atoms with Crippen LogP contribution in [0.15, 0.2) is 47.4 Å². The molecule has 2 aromatic rings. The van der Waals surface area contributed by atoms with Crippen molar-refractivity contribution in [3.63, 3.8) is 0 Å². The van der Waals surface area contributed by atoms with Crippen LogP contribution in [0.25, 0.3) is 0 Å². The average Bonchev–Trinajstić information content (AvgIpc) is 2.61. The molecule has 140 valence electrons. The van der Waals surface area contributed by atoms with Gasteiger partial charge in [0.2, 0.25) is 10.0 Å². The average molecular weight is 383 g/mol. The summed E-state index contributed by atoms with van der Waals surface area (Å²) in [5, 5.41) is 13.7. The number of hydrogen-bond acceptors (Lipinski definition) is 6. The molecule has 10 heteroatoms. The molecule has 0 spiro atoms. The van der Waals surface area contributed by atoms with Crippen molar-refractivity contribution in [3.05, 3.63) is 64.0 Å². The lowest BCUT2D eigenvalue weighted by molar-refractivity contribution is -0.385. The number of nitrogens with zero attached hydrogens (tertiary/aromatic N) is 1. The summed E-state index contributed by atoms with van der Waals surface area (Å²) in [5.74, 6) is -0.323. The molecule has 0 saturated heterocycles. The number of non-ortho nitro benzene ring substituents is 1. The molecule has 0 fully saturated rings. The van der Waals surface area contributed by atoms with Crippen molar-refractivity contribution in [3.8, 4) is 5.75 Å². The lowest BCUT2D eigenvalue weighted by Gasteiger charge is -2.09. The van der Waals surface area contributed by atoms with E-state index >= 15 is 0 Å². The van der Waals surface area contributed by atoms with Gasteiger partial charge in [0.05, 0.1) is 16.9 Å². The molecule has 0 unspecified atom stereocenters. The van der Waals surface area contributed by atoms with Crippen LogP contribution >= 0.6 is 0 Å². The molecule has 0 atom stereocenters. The van der Waals surface area contributed by atoms with Crippen LogP contribution in [-0.4, -0.2) is 33.5 Å². The number of halogens is 1. The van der Waals surface area contributed by atoms with E-state index in [-0.39, 0.29) is 22.9 Å². The quantitative estimate of drug-likeness (QED) is 0.388. The van der Waals surface area contributed by atoms with Gasteiger partial charge in [-0.05, 0) is 23.8 Å². The summed E-state index contributed by atoms with van der Waals surface area (Å²) in [6, 6.07) is 9.34. The third-order valence-corrected chi connectivity index (χ3v) is 4.94. The fourth-order valence-electron chi connectivity index (χ4n) is 2.17. The molecule has 8 nitrogen and oxygen atoms in total. The van der Waals surface area contributed by atoms with Crippen LogP contribution in [0.2, 0.25) is 0 Å². The molecular weight excluding hydrogens is 365 g/mol. The number of rotatable bonds is 9. The monoisotopic (exact) mass is 383 g/mol. The minimum atomic E-state index is -3.85. The molecule has 0 aliphatic carbocycles. The molecule has 0 aromatic heterocycles. The number of nitrogens with one attached hydrogen (secondary N) is 2. The lowest BCUT2D eigenvalue weighted by atomic mass is 10.2. The summed E-state index contributed by atoms with van der Waals surface area (Å²) in [5.41, 5.74) is 0.386. The fourth-order valence-corrected chi connectivity index (χ4v) is 3.24. The zero-order valence-corrected chi connectivity index (χ0v) is 14.8. The van der Waals surface area contributed by atoms with Crippen molar-refractivity contribution in [1.82, 2.24) is 10.0 Å². The summed E-state index contributed by atoms with van der Waals surface area (Å²) < 4.78 is 45.0. The van der Waals surface area contributed by atoms with Gasteiger partial charge in [0.15, 0.2) is 11.6 Å². The second-order valence-corrected chi connectivity index (χ2v) is 7.06. The van der Waals surface area contributed by atoms with Crippen LogP contribution in [0, 0.1) is 15.9 Å². The van der Waals surface area contributed by atoms with E-state index in [0.29, 0.717) is 18.7 Å². The summed E-state index contributed by atoms with van der Waals surface area (Å²) in [4.78, 5) is 9.89. The van der Waals surface area contributed by atoms with E-state index in [9.17, 15) is 22.9 Å². The van der Waals surface area contributed by atoms with Gasteiger partial charge in [0.1, 0.15) is 0 Å². The number of benzene rings is 2. The number of ether oxygens (including phenoxy) is 1. The predicted molar refractivity (Wildman–Crippen MR) is 92.9 cm³/mol. The maximum Gasteiger partial charge on any atom is 0.270 e. The van der Waals surface area contributed by atoms with Crippen LogP contribution in [-0.2, 0) is 16.6 Å². The minimum Gasteiger partial charge on any atom is -0.494 e. The highest BCUT2D eigenvalue weighted by Gasteiger charge is 2.16. The van der Waals surface area contributed by atoms with E-state index in [2.05, 4.69) is 10.0 Å². The molecule has 0 saturated carbocycles. The topological polar surface area (TPSA) is 111 Å². The van der Waals surface area contributed by atoms with E-state index in [1.54, 1.807) is 6.07 Å². The first-order valence-corrected chi connectivity index (χ1v) is 9.09. The van der Waals surface area contributed by atoms with Crippen molar-refractivity contribution < 1.29 is 22.5 Å². The Morgan fingerprint density at radius 2 is 1.96 bits per heavy atom. The predicted octanol–water partition coefficient (Wildman–Crippen LogP) is 1.81. The van der Waals surface area contributed by atoms with Crippen molar-refractivity contribution >= 4 is 15.7 Å². The van der Waals surface area contributed by atoms with Crippen molar-refractivity contribution in [2.45, 2.75) is 11.4 Å². The molecule has 0 radical (unpaired) electrons. The van der Waals surface area contributed by atoms with Gasteiger partial charge in [0, 0.05) is 31.8 Å². The lowest BCUT2D eigenvalue weighted by Crippen LogP contribution is -2.31. The Kier molecular flexibility index (Phi) is 6.61. The van der Waals surface area contributed by atoms with Gasteiger partial charge in [-0.2, -0.15) is 0 Å². The first kappa shape index (κ1) is 19.8. The molecule has 2 N–H and O–H groups in total. The van der Waals surface area contributed by atoms with E-state index in [0.717, 1.165) is 6.07 Å². The maximum atomic E-state index is 13.6. The summed E-state index contributed by atoms with van der Waals surface area (Å²) in [7, 11) is -2.47. The molecule has 26 heavy (non-hydrogen) atoms. The minimum absolute atomic E-state index is 0.0731. The highest BCUT2D eigenvalue weighted by molar-refractivity contribution is 7.89. The normalized spacial score (nSPS) is 11.3. The van der Waals surface area contributed by atoms with Crippen LogP contribution in [0.5, 0.6) is 5.75 Å². The van der Waals surface area contributed by atoms with E-state index in [1.165, 1.54) is 37.4 Å². The Morgan fingerprint density at radius 3 is 2.62 bits per heavy atom. The van der Waals surface area contributed by atoms with Crippen molar-refractivity contribution in [1.29, 1.82) is 0 Å². The standard InChI is InChI=1S/C16H18FN3O5S/c1-25-16-6-5-12(9-15(16)17)11-18-7-8-19-26(23,24)14-4-2-3-13(10-14)20(21)22/h2-6,9-10,18-19H,7-8,11H2,1H3. The first-order chi connectivity index (χ1) is 12.3. The number of nitro benzene ring substituents is 1. The van der Waals surface area contributed by atoms with Crippen LogP contribution in [0.1, 0.15) is 5.56 Å². The number of methoxy groups -OCH3 is 1. The van der Waals surface area contributed by atoms with Gasteiger partial charge < -0.3 is 10.1 Å². The Labute approximate surface area is 150 Å². The molecular formula is C16H18FN3O5S. The van der Waals surface area contributed by atoms with Gasteiger partial charge in [-0.1, -0.05) is 12.1 Å². The zero-order chi connectivity index (χ0) is 19.2. The Balaban J connectivity index is 1.84. The maximum absolute atomic E-state index is 13.6. The molecule has 0 heterocycles. The van der Waals surface area contributed by atoms with Gasteiger partial charge in [-0.3, -0.25) is 10.1 Å². The molecule has 2 rings (SSSR count). The summed E-state index contributed by atoms with van der Waals surface area (Å²) in [6.07, 6.45) is 0. The van der Waals surface area contributed by atoms with Gasteiger partial charge >= 0.3 is 0 Å². The second kappa shape index (κ2) is 8.70. The third kappa shape index (κ3) is 5.22. The largest absolute Gasteiger partial charge is 0.494 e. The van der Waals surface area contributed by atoms with Gasteiger partial charge in [0.25, 0.3) is 5.69 Å². The number of hydrogen-bond donors (Lipinski definition) is 2. The highest BCUT2D eigenvalue weighted by Crippen LogP contribution is 2.18. The van der Waals surface area contributed by atoms with Crippen molar-refractivity contribution in [2.75, 3.05) is 20.2 Å². The van der Waals surface area contributed by atoms with Crippen LogP contribution < -0.4 is 14.8 Å². The molecule has 0 bridgehead atoms. The van der Waals surface area contributed by atoms with Gasteiger partial charge in [-0.15, -0.1) is 0 Å². The smallest absolute Gasteiger partial charge is 0.270 e. The molecule has 0 amide bonds. The molecule has 2 aromatic carbocycles. The van der Waals surface area contributed by atoms with E-state index in [4.69, 9.17) is 4.74 Å².